The van der Waals surface area contributed by atoms with E-state index in [1.54, 1.807) is 36.0 Å². The highest BCUT2D eigenvalue weighted by Crippen LogP contribution is 2.37. The average molecular weight is 471 g/mol. The Balaban J connectivity index is 1.19. The van der Waals surface area contributed by atoms with E-state index in [2.05, 4.69) is 17.9 Å². The van der Waals surface area contributed by atoms with Crippen molar-refractivity contribution in [2.24, 2.45) is 0 Å². The third-order valence-corrected chi connectivity index (χ3v) is 9.77. The van der Waals surface area contributed by atoms with Crippen LogP contribution < -0.4 is 0 Å². The molecular formula is C26H31FN2OS2. The lowest BCUT2D eigenvalue weighted by Crippen LogP contribution is -2.34. The molecule has 2 aromatic heterocycles. The molecule has 4 heterocycles. The van der Waals surface area contributed by atoms with E-state index in [0.717, 1.165) is 56.7 Å². The van der Waals surface area contributed by atoms with Gasteiger partial charge in [0.15, 0.2) is 0 Å². The van der Waals surface area contributed by atoms with Gasteiger partial charge in [-0.3, -0.25) is 4.79 Å². The fraction of sp³-hybridized carbons (Fsp3) is 0.500. The fourth-order valence-electron chi connectivity index (χ4n) is 5.33. The molecule has 6 heteroatoms. The molecule has 1 fully saturated rings. The molecule has 3 aromatic rings. The molecule has 0 bridgehead atoms. The first-order chi connectivity index (χ1) is 15.5. The maximum atomic E-state index is 13.5. The van der Waals surface area contributed by atoms with Gasteiger partial charge in [0.25, 0.3) is 0 Å². The summed E-state index contributed by atoms with van der Waals surface area (Å²) in [5, 5.41) is 1.17. The third kappa shape index (κ3) is 4.37. The lowest BCUT2D eigenvalue weighted by atomic mass is 9.94. The highest BCUT2D eigenvalue weighted by molar-refractivity contribution is 7.19. The molecule has 1 aromatic carbocycles. The van der Waals surface area contributed by atoms with Crippen molar-refractivity contribution in [3.63, 3.8) is 0 Å². The molecular weight excluding hydrogens is 439 g/mol. The molecule has 2 aliphatic rings. The zero-order valence-corrected chi connectivity index (χ0v) is 20.6. The first-order valence-electron chi connectivity index (χ1n) is 11.8. The molecule has 170 valence electrons. The van der Waals surface area contributed by atoms with Gasteiger partial charge in [-0.2, -0.15) is 0 Å². The second-order valence-corrected chi connectivity index (χ2v) is 11.5. The number of hydrogen-bond acceptors (Lipinski definition) is 4. The molecule has 1 saturated heterocycles. The number of piperidine rings is 1. The van der Waals surface area contributed by atoms with Crippen LogP contribution in [0.5, 0.6) is 0 Å². The minimum absolute atomic E-state index is 0.142. The van der Waals surface area contributed by atoms with Gasteiger partial charge < -0.3 is 9.80 Å². The van der Waals surface area contributed by atoms with Crippen molar-refractivity contribution >= 4 is 38.7 Å². The Hall–Kier alpha value is -1.76. The van der Waals surface area contributed by atoms with Crippen LogP contribution in [0, 0.1) is 5.82 Å². The second kappa shape index (κ2) is 9.24. The summed E-state index contributed by atoms with van der Waals surface area (Å²) >= 11 is 3.71. The number of carbonyl (C=O) groups excluding carboxylic acids is 1. The highest BCUT2D eigenvalue weighted by atomic mass is 32.1. The second-order valence-electron chi connectivity index (χ2n) is 9.15. The van der Waals surface area contributed by atoms with E-state index in [4.69, 9.17) is 0 Å². The molecule has 2 aliphatic heterocycles. The summed E-state index contributed by atoms with van der Waals surface area (Å²) in [6.45, 7) is 9.01. The Morgan fingerprint density at radius 2 is 1.97 bits per heavy atom. The minimum atomic E-state index is -0.142. The monoisotopic (exact) mass is 470 g/mol. The summed E-state index contributed by atoms with van der Waals surface area (Å²) in [6.07, 6.45) is 5.59. The van der Waals surface area contributed by atoms with Gasteiger partial charge in [0, 0.05) is 39.3 Å². The number of carbonyl (C=O) groups is 1. The van der Waals surface area contributed by atoms with Crippen molar-refractivity contribution < 1.29 is 9.18 Å². The molecule has 0 unspecified atom stereocenters. The Morgan fingerprint density at radius 1 is 1.16 bits per heavy atom. The molecule has 0 radical (unpaired) electrons. The van der Waals surface area contributed by atoms with Crippen LogP contribution in [0.25, 0.3) is 10.1 Å². The van der Waals surface area contributed by atoms with Gasteiger partial charge in [-0.15, -0.1) is 22.7 Å². The van der Waals surface area contributed by atoms with E-state index in [9.17, 15) is 9.18 Å². The SMILES string of the molecule is CCc1c(CCN2CCC(c3cc4ccc(F)cc4s3)CC2)sc2c1CCN(C(C)=O)C2. The predicted octanol–water partition coefficient (Wildman–Crippen LogP) is 5.99. The van der Waals surface area contributed by atoms with Gasteiger partial charge in [-0.05, 0) is 85.8 Å². The van der Waals surface area contributed by atoms with Crippen LogP contribution in [0.15, 0.2) is 24.3 Å². The van der Waals surface area contributed by atoms with Crippen molar-refractivity contribution in [1.82, 2.24) is 9.80 Å². The molecule has 0 atom stereocenters. The first kappa shape index (κ1) is 22.1. The van der Waals surface area contributed by atoms with Crippen molar-refractivity contribution in [3.8, 4) is 0 Å². The number of benzene rings is 1. The molecule has 0 saturated carbocycles. The molecule has 32 heavy (non-hydrogen) atoms. The van der Waals surface area contributed by atoms with Crippen molar-refractivity contribution in [1.29, 1.82) is 0 Å². The number of amides is 1. The highest BCUT2D eigenvalue weighted by Gasteiger charge is 2.26. The number of likely N-dealkylation sites (tertiary alicyclic amines) is 1. The summed E-state index contributed by atoms with van der Waals surface area (Å²) < 4.78 is 14.6. The van der Waals surface area contributed by atoms with E-state index in [1.165, 1.54) is 38.4 Å². The largest absolute Gasteiger partial charge is 0.337 e. The van der Waals surface area contributed by atoms with E-state index >= 15 is 0 Å². The van der Waals surface area contributed by atoms with Gasteiger partial charge in [-0.25, -0.2) is 4.39 Å². The van der Waals surface area contributed by atoms with Gasteiger partial charge in [0.05, 0.1) is 6.54 Å². The smallest absolute Gasteiger partial charge is 0.219 e. The van der Waals surface area contributed by atoms with Gasteiger partial charge in [-0.1, -0.05) is 13.0 Å². The molecule has 0 spiro atoms. The number of fused-ring (bicyclic) bond motifs is 2. The lowest BCUT2D eigenvalue weighted by Gasteiger charge is -2.31. The van der Waals surface area contributed by atoms with E-state index in [1.807, 2.05) is 22.3 Å². The maximum absolute atomic E-state index is 13.5. The number of thiophene rings is 2. The van der Waals surface area contributed by atoms with Crippen molar-refractivity contribution in [3.05, 3.63) is 55.8 Å². The molecule has 5 rings (SSSR count). The fourth-order valence-corrected chi connectivity index (χ4v) is 8.04. The maximum Gasteiger partial charge on any atom is 0.219 e. The topological polar surface area (TPSA) is 23.6 Å². The van der Waals surface area contributed by atoms with Crippen LogP contribution in [0.2, 0.25) is 0 Å². The Bertz CT molecular complexity index is 1130. The van der Waals surface area contributed by atoms with Crippen LogP contribution in [0.3, 0.4) is 0 Å². The first-order valence-corrected chi connectivity index (χ1v) is 13.4. The van der Waals surface area contributed by atoms with Gasteiger partial charge in [0.1, 0.15) is 5.82 Å². The van der Waals surface area contributed by atoms with Crippen LogP contribution in [-0.4, -0.2) is 41.9 Å². The van der Waals surface area contributed by atoms with Gasteiger partial charge >= 0.3 is 0 Å². The quantitative estimate of drug-likeness (QED) is 0.457. The van der Waals surface area contributed by atoms with Crippen molar-refractivity contribution in [2.75, 3.05) is 26.2 Å². The normalized spacial score (nSPS) is 17.8. The van der Waals surface area contributed by atoms with Crippen LogP contribution in [-0.2, 0) is 30.6 Å². The molecule has 0 aliphatic carbocycles. The molecule has 3 nitrogen and oxygen atoms in total. The van der Waals surface area contributed by atoms with Gasteiger partial charge in [0.2, 0.25) is 5.91 Å². The average Bonchev–Trinajstić information content (AvgIpc) is 3.37. The Morgan fingerprint density at radius 3 is 2.72 bits per heavy atom. The summed E-state index contributed by atoms with van der Waals surface area (Å²) in [7, 11) is 0. The summed E-state index contributed by atoms with van der Waals surface area (Å²) in [6, 6.07) is 7.40. The summed E-state index contributed by atoms with van der Waals surface area (Å²) in [4.78, 5) is 20.8. The van der Waals surface area contributed by atoms with E-state index in [-0.39, 0.29) is 11.7 Å². The molecule has 1 amide bonds. The summed E-state index contributed by atoms with van der Waals surface area (Å²) in [5.74, 6) is 0.649. The number of rotatable bonds is 5. The predicted molar refractivity (Wildman–Crippen MR) is 132 cm³/mol. The molecule has 0 N–H and O–H groups in total. The van der Waals surface area contributed by atoms with Crippen LogP contribution in [0.1, 0.15) is 58.4 Å². The van der Waals surface area contributed by atoms with E-state index in [0.29, 0.717) is 5.92 Å². The van der Waals surface area contributed by atoms with Crippen molar-refractivity contribution in [2.45, 2.75) is 58.4 Å². The Labute approximate surface area is 197 Å². The minimum Gasteiger partial charge on any atom is -0.337 e. The van der Waals surface area contributed by atoms with E-state index < -0.39 is 0 Å². The number of hydrogen-bond donors (Lipinski definition) is 0. The summed E-state index contributed by atoms with van der Waals surface area (Å²) in [5.41, 5.74) is 3.09. The zero-order chi connectivity index (χ0) is 22.2. The third-order valence-electron chi connectivity index (χ3n) is 7.20. The lowest BCUT2D eigenvalue weighted by molar-refractivity contribution is -0.129. The number of halogens is 1. The number of nitrogens with zero attached hydrogens (tertiary/aromatic N) is 2. The van der Waals surface area contributed by atoms with Crippen LogP contribution in [0.4, 0.5) is 4.39 Å². The van der Waals surface area contributed by atoms with Crippen LogP contribution >= 0.6 is 22.7 Å². The zero-order valence-electron chi connectivity index (χ0n) is 19.0. The Kier molecular flexibility index (Phi) is 6.37. The standard InChI is InChI=1S/C26H31FN2OS2/c1-3-21-22-8-13-29(17(2)30)16-26(22)31-23(21)9-12-28-10-6-18(7-11-28)24-14-19-4-5-20(27)15-25(19)32-24/h4-5,14-15,18H,3,6-13,16H2,1-2H3.